The molecule has 0 unspecified atom stereocenters. The quantitative estimate of drug-likeness (QED) is 0.496. The van der Waals surface area contributed by atoms with Crippen LogP contribution in [0.5, 0.6) is 0 Å². The van der Waals surface area contributed by atoms with E-state index in [1.165, 1.54) is 4.70 Å². The highest BCUT2D eigenvalue weighted by atomic mass is 32.1. The first-order valence-electron chi connectivity index (χ1n) is 10.0. The normalized spacial score (nSPS) is 19.0. The van der Waals surface area contributed by atoms with E-state index in [1.807, 2.05) is 49.4 Å². The molecular formula is C23H23N3O2S. The van der Waals surface area contributed by atoms with Crippen LogP contribution in [0.15, 0.2) is 48.5 Å². The summed E-state index contributed by atoms with van der Waals surface area (Å²) in [5, 5.41) is 12.3. The fraction of sp³-hybridized carbons (Fsp3) is 0.304. The van der Waals surface area contributed by atoms with Gasteiger partial charge in [0, 0.05) is 34.6 Å². The number of carboxylic acid groups (broad SMARTS) is 1. The predicted octanol–water partition coefficient (Wildman–Crippen LogP) is 5.09. The molecule has 2 aromatic heterocycles. The molecule has 1 aliphatic rings. The molecule has 5 nitrogen and oxygen atoms in total. The summed E-state index contributed by atoms with van der Waals surface area (Å²) in [5.41, 5.74) is 3.84. The van der Waals surface area contributed by atoms with Gasteiger partial charge in [-0.2, -0.15) is 0 Å². The summed E-state index contributed by atoms with van der Waals surface area (Å²) in [6, 6.07) is 15.5. The number of aliphatic carboxylic acids is 1. The molecule has 1 saturated heterocycles. The lowest BCUT2D eigenvalue weighted by Crippen LogP contribution is -2.41. The largest absolute Gasteiger partial charge is 0.480 e. The van der Waals surface area contributed by atoms with Crippen LogP contribution in [-0.4, -0.2) is 39.0 Å². The molecule has 1 fully saturated rings. The second kappa shape index (κ2) is 7.28. The molecule has 2 atom stereocenters. The fourth-order valence-electron chi connectivity index (χ4n) is 4.62. The van der Waals surface area contributed by atoms with E-state index in [-0.39, 0.29) is 5.92 Å². The van der Waals surface area contributed by atoms with Crippen molar-refractivity contribution in [3.8, 4) is 0 Å². The van der Waals surface area contributed by atoms with Crippen molar-refractivity contribution >= 4 is 38.4 Å². The second-order valence-electron chi connectivity index (χ2n) is 7.80. The van der Waals surface area contributed by atoms with Gasteiger partial charge in [0.1, 0.15) is 6.04 Å². The van der Waals surface area contributed by atoms with Crippen molar-refractivity contribution in [2.24, 2.45) is 0 Å². The molecule has 2 N–H and O–H groups in total. The van der Waals surface area contributed by atoms with Crippen LogP contribution in [0.2, 0.25) is 0 Å². The van der Waals surface area contributed by atoms with Gasteiger partial charge < -0.3 is 10.1 Å². The number of nitrogens with one attached hydrogen (secondary N) is 1. The van der Waals surface area contributed by atoms with E-state index >= 15 is 0 Å². The highest BCUT2D eigenvalue weighted by molar-refractivity contribution is 7.18. The maximum atomic E-state index is 12.4. The lowest BCUT2D eigenvalue weighted by Gasteiger charge is -2.36. The topological polar surface area (TPSA) is 69.2 Å². The average molecular weight is 406 g/mol. The molecule has 0 spiro atoms. The molecule has 29 heavy (non-hydrogen) atoms. The Labute approximate surface area is 173 Å². The first-order valence-corrected chi connectivity index (χ1v) is 10.8. The molecule has 5 rings (SSSR count). The summed E-state index contributed by atoms with van der Waals surface area (Å²) in [4.78, 5) is 22.7. The molecule has 0 radical (unpaired) electrons. The van der Waals surface area contributed by atoms with Gasteiger partial charge in [-0.25, -0.2) is 4.98 Å². The number of carboxylic acids is 1. The van der Waals surface area contributed by atoms with E-state index in [2.05, 4.69) is 16.0 Å². The Morgan fingerprint density at radius 1 is 1.24 bits per heavy atom. The predicted molar refractivity (Wildman–Crippen MR) is 117 cm³/mol. The number of fused-ring (bicyclic) bond motifs is 2. The van der Waals surface area contributed by atoms with Gasteiger partial charge in [-0.3, -0.25) is 9.69 Å². The number of thiazole rings is 1. The van der Waals surface area contributed by atoms with Gasteiger partial charge in [-0.05, 0) is 44.5 Å². The van der Waals surface area contributed by atoms with Crippen molar-refractivity contribution in [2.75, 3.05) is 13.1 Å². The lowest BCUT2D eigenvalue weighted by molar-refractivity contribution is -0.144. The van der Waals surface area contributed by atoms with Crippen LogP contribution in [0.1, 0.15) is 41.1 Å². The SMILES string of the molecule is Cc1[nH]c2ccccc2c1[C@H](C(=O)O)N1CCC[C@@H](c2nc3ccccc3s2)C1. The number of hydrogen-bond acceptors (Lipinski definition) is 4. The molecule has 0 bridgehead atoms. The van der Waals surface area contributed by atoms with Crippen molar-refractivity contribution in [3.05, 3.63) is 64.8 Å². The Hall–Kier alpha value is -2.70. The van der Waals surface area contributed by atoms with Crippen LogP contribution in [0.25, 0.3) is 21.1 Å². The maximum absolute atomic E-state index is 12.4. The Morgan fingerprint density at radius 3 is 2.86 bits per heavy atom. The minimum Gasteiger partial charge on any atom is -0.480 e. The van der Waals surface area contributed by atoms with Crippen LogP contribution in [0.3, 0.4) is 0 Å². The molecule has 4 aromatic rings. The fourth-order valence-corrected chi connectivity index (χ4v) is 5.71. The van der Waals surface area contributed by atoms with Crippen LogP contribution in [0.4, 0.5) is 0 Å². The monoisotopic (exact) mass is 405 g/mol. The van der Waals surface area contributed by atoms with Crippen LogP contribution in [0, 0.1) is 6.92 Å². The van der Waals surface area contributed by atoms with E-state index < -0.39 is 12.0 Å². The first kappa shape index (κ1) is 18.3. The van der Waals surface area contributed by atoms with E-state index in [9.17, 15) is 9.90 Å². The zero-order valence-corrected chi connectivity index (χ0v) is 17.1. The number of hydrogen-bond donors (Lipinski definition) is 2. The molecule has 0 aliphatic carbocycles. The van der Waals surface area contributed by atoms with Crippen molar-refractivity contribution in [3.63, 3.8) is 0 Å². The Balaban J connectivity index is 1.50. The second-order valence-corrected chi connectivity index (χ2v) is 8.87. The number of aromatic nitrogens is 2. The van der Waals surface area contributed by atoms with Crippen molar-refractivity contribution in [1.82, 2.24) is 14.9 Å². The molecule has 6 heteroatoms. The average Bonchev–Trinajstić information content (AvgIpc) is 3.30. The number of H-pyrrole nitrogens is 1. The molecular weight excluding hydrogens is 382 g/mol. The van der Waals surface area contributed by atoms with Crippen molar-refractivity contribution in [1.29, 1.82) is 0 Å². The summed E-state index contributed by atoms with van der Waals surface area (Å²) in [7, 11) is 0. The van der Waals surface area contributed by atoms with Gasteiger partial charge >= 0.3 is 5.97 Å². The van der Waals surface area contributed by atoms with E-state index in [0.717, 1.165) is 58.6 Å². The van der Waals surface area contributed by atoms with Gasteiger partial charge in [-0.15, -0.1) is 11.3 Å². The minimum absolute atomic E-state index is 0.272. The van der Waals surface area contributed by atoms with E-state index in [1.54, 1.807) is 11.3 Å². The van der Waals surface area contributed by atoms with Crippen LogP contribution < -0.4 is 0 Å². The Morgan fingerprint density at radius 2 is 2.03 bits per heavy atom. The summed E-state index contributed by atoms with van der Waals surface area (Å²) in [6.07, 6.45) is 2.03. The third-order valence-corrected chi connectivity index (χ3v) is 7.13. The van der Waals surface area contributed by atoms with Gasteiger partial charge in [0.05, 0.1) is 15.2 Å². The molecule has 3 heterocycles. The number of benzene rings is 2. The van der Waals surface area contributed by atoms with Gasteiger partial charge in [0.25, 0.3) is 0 Å². The molecule has 0 amide bonds. The lowest BCUT2D eigenvalue weighted by atomic mass is 9.94. The van der Waals surface area contributed by atoms with Crippen molar-refractivity contribution in [2.45, 2.75) is 31.7 Å². The van der Waals surface area contributed by atoms with Crippen LogP contribution >= 0.6 is 11.3 Å². The number of piperidine rings is 1. The number of para-hydroxylation sites is 2. The Kier molecular flexibility index (Phi) is 4.60. The minimum atomic E-state index is -0.789. The number of rotatable bonds is 4. The summed E-state index contributed by atoms with van der Waals surface area (Å²) >= 11 is 1.74. The summed E-state index contributed by atoms with van der Waals surface area (Å²) in [6.45, 7) is 3.48. The molecule has 1 aliphatic heterocycles. The standard InChI is InChI=1S/C23H23N3O2S/c1-14-20(16-8-2-3-9-17(16)24-14)21(23(27)28)26-12-6-7-15(13-26)22-25-18-10-4-5-11-19(18)29-22/h2-5,8-11,15,21,24H,6-7,12-13H2,1H3,(H,27,28)/t15-,21-/m1/s1. The van der Waals surface area contributed by atoms with Gasteiger partial charge in [-0.1, -0.05) is 30.3 Å². The number of aryl methyl sites for hydroxylation is 1. The van der Waals surface area contributed by atoms with Gasteiger partial charge in [0.2, 0.25) is 0 Å². The van der Waals surface area contributed by atoms with E-state index in [4.69, 9.17) is 4.98 Å². The highest BCUT2D eigenvalue weighted by Gasteiger charge is 2.35. The molecule has 0 saturated carbocycles. The third kappa shape index (κ3) is 3.22. The Bertz CT molecular complexity index is 1160. The number of likely N-dealkylation sites (tertiary alicyclic amines) is 1. The van der Waals surface area contributed by atoms with Gasteiger partial charge in [0.15, 0.2) is 0 Å². The number of aromatic amines is 1. The summed E-state index contributed by atoms with van der Waals surface area (Å²) < 4.78 is 1.20. The highest BCUT2D eigenvalue weighted by Crippen LogP contribution is 2.38. The smallest absolute Gasteiger partial charge is 0.325 e. The van der Waals surface area contributed by atoms with E-state index in [0.29, 0.717) is 0 Å². The zero-order chi connectivity index (χ0) is 20.0. The molecule has 2 aromatic carbocycles. The summed E-state index contributed by atoms with van der Waals surface area (Å²) in [5.74, 6) is -0.517. The van der Waals surface area contributed by atoms with Crippen LogP contribution in [-0.2, 0) is 4.79 Å². The van der Waals surface area contributed by atoms with Crippen molar-refractivity contribution < 1.29 is 9.90 Å². The number of carbonyl (C=O) groups is 1. The molecule has 148 valence electrons. The zero-order valence-electron chi connectivity index (χ0n) is 16.3. The number of nitrogens with zero attached hydrogens (tertiary/aromatic N) is 2. The maximum Gasteiger partial charge on any atom is 0.325 e. The first-order chi connectivity index (χ1) is 14.1. The third-order valence-electron chi connectivity index (χ3n) is 5.93.